The topological polar surface area (TPSA) is 61.3 Å². The van der Waals surface area contributed by atoms with Gasteiger partial charge in [-0.25, -0.2) is 14.8 Å². The molecular formula is C9H10N2O3. The Kier molecular flexibility index (Phi) is 2.41. The summed E-state index contributed by atoms with van der Waals surface area (Å²) in [4.78, 5) is 19.2. The van der Waals surface area contributed by atoms with E-state index in [0.717, 1.165) is 5.82 Å². The Morgan fingerprint density at radius 3 is 2.57 bits per heavy atom. The van der Waals surface area contributed by atoms with E-state index in [1.165, 1.54) is 19.5 Å². The van der Waals surface area contributed by atoms with Crippen molar-refractivity contribution in [1.82, 2.24) is 9.97 Å². The Labute approximate surface area is 81.1 Å². The molecule has 74 valence electrons. The van der Waals surface area contributed by atoms with Crippen LogP contribution >= 0.6 is 0 Å². The minimum atomic E-state index is -0.415. The maximum absolute atomic E-state index is 11.1. The van der Waals surface area contributed by atoms with Gasteiger partial charge in [0.05, 0.1) is 31.8 Å². The zero-order valence-electron chi connectivity index (χ0n) is 7.77. The Morgan fingerprint density at radius 1 is 1.50 bits per heavy atom. The predicted molar refractivity (Wildman–Crippen MR) is 46.9 cm³/mol. The number of hydrogen-bond acceptors (Lipinski definition) is 5. The van der Waals surface area contributed by atoms with Crippen molar-refractivity contribution in [3.8, 4) is 0 Å². The molecular weight excluding hydrogens is 184 g/mol. The van der Waals surface area contributed by atoms with Crippen LogP contribution in [0.3, 0.4) is 0 Å². The Bertz CT molecular complexity index is 332. The van der Waals surface area contributed by atoms with Crippen LogP contribution in [0.4, 0.5) is 0 Å². The molecule has 1 aliphatic heterocycles. The lowest BCUT2D eigenvalue weighted by atomic mass is 10.1. The minimum absolute atomic E-state index is 0.279. The molecule has 1 saturated heterocycles. The molecule has 0 saturated carbocycles. The monoisotopic (exact) mass is 194 g/mol. The lowest BCUT2D eigenvalue weighted by Gasteiger charge is -2.24. The van der Waals surface area contributed by atoms with Crippen LogP contribution in [0.2, 0.25) is 0 Å². The van der Waals surface area contributed by atoms with Crippen molar-refractivity contribution >= 4 is 5.97 Å². The van der Waals surface area contributed by atoms with Crippen LogP contribution < -0.4 is 0 Å². The molecule has 5 heteroatoms. The fourth-order valence-electron chi connectivity index (χ4n) is 1.16. The number of aromatic nitrogens is 2. The minimum Gasteiger partial charge on any atom is -0.465 e. The second-order valence-electron chi connectivity index (χ2n) is 3.06. The summed E-state index contributed by atoms with van der Waals surface area (Å²) < 4.78 is 9.55. The number of carbonyl (C=O) groups is 1. The van der Waals surface area contributed by atoms with Crippen molar-refractivity contribution < 1.29 is 14.3 Å². The van der Waals surface area contributed by atoms with Crippen LogP contribution in [0, 0.1) is 0 Å². The molecule has 1 aromatic rings. The summed E-state index contributed by atoms with van der Waals surface area (Å²) in [6.45, 7) is 1.33. The summed E-state index contributed by atoms with van der Waals surface area (Å²) in [7, 11) is 1.33. The predicted octanol–water partition coefficient (Wildman–Crippen LogP) is 0.377. The smallest absolute Gasteiger partial charge is 0.341 e. The van der Waals surface area contributed by atoms with E-state index in [-0.39, 0.29) is 5.92 Å². The van der Waals surface area contributed by atoms with Gasteiger partial charge in [-0.3, -0.25) is 0 Å². The summed E-state index contributed by atoms with van der Waals surface area (Å²) in [6, 6.07) is 0. The third-order valence-corrected chi connectivity index (χ3v) is 2.10. The summed E-state index contributed by atoms with van der Waals surface area (Å²) in [6.07, 6.45) is 2.96. The molecule has 0 spiro atoms. The molecule has 0 radical (unpaired) electrons. The van der Waals surface area contributed by atoms with E-state index >= 15 is 0 Å². The number of carbonyl (C=O) groups excluding carboxylic acids is 1. The summed E-state index contributed by atoms with van der Waals surface area (Å²) in [5.74, 6) is 0.590. The van der Waals surface area contributed by atoms with Gasteiger partial charge in [-0.05, 0) is 0 Å². The normalized spacial score (nSPS) is 16.1. The Hall–Kier alpha value is -1.49. The first-order valence-corrected chi connectivity index (χ1v) is 4.29. The van der Waals surface area contributed by atoms with Crippen molar-refractivity contribution in [2.45, 2.75) is 5.92 Å². The van der Waals surface area contributed by atoms with E-state index < -0.39 is 5.97 Å². The van der Waals surface area contributed by atoms with E-state index in [2.05, 4.69) is 14.7 Å². The molecule has 5 nitrogen and oxygen atoms in total. The average molecular weight is 194 g/mol. The van der Waals surface area contributed by atoms with Crippen molar-refractivity contribution in [2.24, 2.45) is 0 Å². The van der Waals surface area contributed by atoms with Crippen molar-refractivity contribution in [3.63, 3.8) is 0 Å². The van der Waals surface area contributed by atoms with Gasteiger partial charge in [0, 0.05) is 12.4 Å². The number of rotatable bonds is 2. The molecule has 1 fully saturated rings. The van der Waals surface area contributed by atoms with E-state index in [0.29, 0.717) is 18.8 Å². The SMILES string of the molecule is COC(=O)c1cnc(C2COC2)nc1. The van der Waals surface area contributed by atoms with Gasteiger partial charge in [-0.2, -0.15) is 0 Å². The fourth-order valence-corrected chi connectivity index (χ4v) is 1.16. The Morgan fingerprint density at radius 2 is 2.14 bits per heavy atom. The van der Waals surface area contributed by atoms with Gasteiger partial charge < -0.3 is 9.47 Å². The summed E-state index contributed by atoms with van der Waals surface area (Å²) in [5.41, 5.74) is 0.372. The van der Waals surface area contributed by atoms with Crippen molar-refractivity contribution in [2.75, 3.05) is 20.3 Å². The van der Waals surface area contributed by atoms with Gasteiger partial charge in [0.15, 0.2) is 0 Å². The first-order chi connectivity index (χ1) is 6.81. The first kappa shape index (κ1) is 9.08. The quantitative estimate of drug-likeness (QED) is 0.637. The zero-order chi connectivity index (χ0) is 9.97. The molecule has 14 heavy (non-hydrogen) atoms. The third kappa shape index (κ3) is 1.58. The second-order valence-corrected chi connectivity index (χ2v) is 3.06. The highest BCUT2D eigenvalue weighted by Crippen LogP contribution is 2.19. The second kappa shape index (κ2) is 3.71. The van der Waals surface area contributed by atoms with Crippen LogP contribution in [-0.4, -0.2) is 36.3 Å². The maximum Gasteiger partial charge on any atom is 0.341 e. The molecule has 2 heterocycles. The molecule has 1 aromatic heterocycles. The Balaban J connectivity index is 2.13. The van der Waals surface area contributed by atoms with E-state index in [9.17, 15) is 4.79 Å². The lowest BCUT2D eigenvalue weighted by Crippen LogP contribution is -2.27. The average Bonchev–Trinajstić information content (AvgIpc) is 2.15. The third-order valence-electron chi connectivity index (χ3n) is 2.10. The molecule has 0 bridgehead atoms. The maximum atomic E-state index is 11.1. The summed E-state index contributed by atoms with van der Waals surface area (Å²) >= 11 is 0. The fraction of sp³-hybridized carbons (Fsp3) is 0.444. The van der Waals surface area contributed by atoms with Crippen LogP contribution in [0.15, 0.2) is 12.4 Å². The van der Waals surface area contributed by atoms with E-state index in [4.69, 9.17) is 4.74 Å². The standard InChI is InChI=1S/C9H10N2O3/c1-13-9(12)6-2-10-8(11-3-6)7-4-14-5-7/h2-3,7H,4-5H2,1H3. The van der Waals surface area contributed by atoms with Gasteiger partial charge in [-0.15, -0.1) is 0 Å². The number of hydrogen-bond donors (Lipinski definition) is 0. The van der Waals surface area contributed by atoms with E-state index in [1.807, 2.05) is 0 Å². The molecule has 0 atom stereocenters. The molecule has 0 amide bonds. The molecule has 0 aliphatic carbocycles. The lowest BCUT2D eigenvalue weighted by molar-refractivity contribution is 0.00481. The number of esters is 1. The largest absolute Gasteiger partial charge is 0.465 e. The van der Waals surface area contributed by atoms with E-state index in [1.54, 1.807) is 0 Å². The van der Waals surface area contributed by atoms with Crippen LogP contribution in [0.1, 0.15) is 22.1 Å². The highest BCUT2D eigenvalue weighted by atomic mass is 16.5. The van der Waals surface area contributed by atoms with Gasteiger partial charge in [0.1, 0.15) is 5.82 Å². The van der Waals surface area contributed by atoms with Crippen molar-refractivity contribution in [3.05, 3.63) is 23.8 Å². The van der Waals surface area contributed by atoms with Crippen LogP contribution in [-0.2, 0) is 9.47 Å². The molecule has 2 rings (SSSR count). The highest BCUT2D eigenvalue weighted by Gasteiger charge is 2.23. The van der Waals surface area contributed by atoms with Gasteiger partial charge in [0.25, 0.3) is 0 Å². The molecule has 0 aromatic carbocycles. The zero-order valence-corrected chi connectivity index (χ0v) is 7.77. The van der Waals surface area contributed by atoms with Gasteiger partial charge in [0.2, 0.25) is 0 Å². The first-order valence-electron chi connectivity index (χ1n) is 4.29. The molecule has 1 aliphatic rings. The van der Waals surface area contributed by atoms with Gasteiger partial charge in [-0.1, -0.05) is 0 Å². The molecule has 0 unspecified atom stereocenters. The molecule has 0 N–H and O–H groups in total. The van der Waals surface area contributed by atoms with Crippen LogP contribution in [0.25, 0.3) is 0 Å². The van der Waals surface area contributed by atoms with Gasteiger partial charge >= 0.3 is 5.97 Å². The number of nitrogens with zero attached hydrogens (tertiary/aromatic N) is 2. The van der Waals surface area contributed by atoms with Crippen LogP contribution in [0.5, 0.6) is 0 Å². The van der Waals surface area contributed by atoms with Crippen molar-refractivity contribution in [1.29, 1.82) is 0 Å². The number of ether oxygens (including phenoxy) is 2. The summed E-state index contributed by atoms with van der Waals surface area (Å²) in [5, 5.41) is 0. The number of methoxy groups -OCH3 is 1. The highest BCUT2D eigenvalue weighted by molar-refractivity contribution is 5.88.